The number of carbonyl (C=O) groups is 1. The predicted molar refractivity (Wildman–Crippen MR) is 83.3 cm³/mol. The highest BCUT2D eigenvalue weighted by molar-refractivity contribution is 5.98. The summed E-state index contributed by atoms with van der Waals surface area (Å²) in [6, 6.07) is 4.67. The van der Waals surface area contributed by atoms with Gasteiger partial charge in [0, 0.05) is 29.9 Å². The molecule has 0 spiro atoms. The van der Waals surface area contributed by atoms with Crippen molar-refractivity contribution in [2.24, 2.45) is 5.92 Å². The molecule has 22 heavy (non-hydrogen) atoms. The molecule has 0 aliphatic carbocycles. The fraction of sp³-hybridized carbons (Fsp3) is 0.471. The second kappa shape index (κ2) is 5.72. The number of halogens is 1. The molecule has 5 heteroatoms. The Labute approximate surface area is 128 Å². The van der Waals surface area contributed by atoms with Gasteiger partial charge in [-0.3, -0.25) is 4.79 Å². The van der Waals surface area contributed by atoms with Crippen molar-refractivity contribution in [1.82, 2.24) is 9.88 Å². The highest BCUT2D eigenvalue weighted by Crippen LogP contribution is 2.24. The van der Waals surface area contributed by atoms with Crippen molar-refractivity contribution in [3.63, 3.8) is 0 Å². The predicted octanol–water partition coefficient (Wildman–Crippen LogP) is 2.85. The molecule has 1 aliphatic rings. The van der Waals surface area contributed by atoms with Crippen LogP contribution in [0.3, 0.4) is 0 Å². The fourth-order valence-electron chi connectivity index (χ4n) is 3.25. The number of fused-ring (bicyclic) bond motifs is 1. The number of hydrogen-bond acceptors (Lipinski definition) is 2. The summed E-state index contributed by atoms with van der Waals surface area (Å²) in [5.74, 6) is -0.263. The van der Waals surface area contributed by atoms with Crippen molar-refractivity contribution < 1.29 is 14.3 Å². The number of likely N-dealkylation sites (tertiary alicyclic amines) is 1. The van der Waals surface area contributed by atoms with Crippen LogP contribution >= 0.6 is 0 Å². The van der Waals surface area contributed by atoms with Gasteiger partial charge in [-0.25, -0.2) is 4.39 Å². The van der Waals surface area contributed by atoms with Crippen LogP contribution in [0.2, 0.25) is 0 Å². The number of amides is 1. The zero-order chi connectivity index (χ0) is 15.9. The second-order valence-electron chi connectivity index (χ2n) is 6.26. The second-order valence-corrected chi connectivity index (χ2v) is 6.26. The van der Waals surface area contributed by atoms with Crippen LogP contribution in [0, 0.1) is 18.7 Å². The van der Waals surface area contributed by atoms with Crippen LogP contribution in [0.1, 0.15) is 35.8 Å². The molecule has 0 radical (unpaired) electrons. The average Bonchev–Trinajstić information content (AvgIpc) is 2.90. The number of piperidine rings is 1. The largest absolute Gasteiger partial charge is 0.393 e. The van der Waals surface area contributed by atoms with E-state index in [-0.39, 0.29) is 17.6 Å². The van der Waals surface area contributed by atoms with E-state index in [4.69, 9.17) is 0 Å². The van der Waals surface area contributed by atoms with Gasteiger partial charge in [0.1, 0.15) is 11.5 Å². The summed E-state index contributed by atoms with van der Waals surface area (Å²) >= 11 is 0. The van der Waals surface area contributed by atoms with Gasteiger partial charge >= 0.3 is 0 Å². The van der Waals surface area contributed by atoms with Crippen molar-refractivity contribution in [3.05, 3.63) is 35.3 Å². The molecule has 2 atom stereocenters. The molecule has 2 unspecified atom stereocenters. The average molecular weight is 304 g/mol. The smallest absolute Gasteiger partial charge is 0.270 e. The summed E-state index contributed by atoms with van der Waals surface area (Å²) in [6.45, 7) is 4.87. The number of aryl methyl sites for hydroxylation is 1. The number of carbonyl (C=O) groups excluding carboxylic acids is 1. The molecule has 118 valence electrons. The minimum Gasteiger partial charge on any atom is -0.393 e. The Bertz CT molecular complexity index is 708. The Morgan fingerprint density at radius 2 is 2.23 bits per heavy atom. The third kappa shape index (κ3) is 2.73. The van der Waals surface area contributed by atoms with E-state index in [1.54, 1.807) is 17.9 Å². The number of aliphatic hydroxyl groups is 1. The van der Waals surface area contributed by atoms with E-state index < -0.39 is 6.10 Å². The van der Waals surface area contributed by atoms with Gasteiger partial charge in [0.2, 0.25) is 0 Å². The summed E-state index contributed by atoms with van der Waals surface area (Å²) in [6.07, 6.45) is 1.43. The van der Waals surface area contributed by atoms with E-state index in [1.807, 2.05) is 6.92 Å². The van der Waals surface area contributed by atoms with E-state index in [2.05, 4.69) is 4.98 Å². The number of aromatic nitrogens is 1. The lowest BCUT2D eigenvalue weighted by Crippen LogP contribution is -2.43. The number of nitrogens with one attached hydrogen (secondary N) is 1. The summed E-state index contributed by atoms with van der Waals surface area (Å²) in [7, 11) is 0. The third-order valence-corrected chi connectivity index (χ3v) is 4.57. The van der Waals surface area contributed by atoms with Gasteiger partial charge < -0.3 is 15.0 Å². The normalized spacial score (nSPS) is 20.4. The lowest BCUT2D eigenvalue weighted by molar-refractivity contribution is 0.0462. The van der Waals surface area contributed by atoms with Gasteiger partial charge in [-0.1, -0.05) is 0 Å². The first-order valence-electron chi connectivity index (χ1n) is 7.72. The lowest BCUT2D eigenvalue weighted by Gasteiger charge is -2.33. The van der Waals surface area contributed by atoms with Crippen LogP contribution in [-0.4, -0.2) is 40.1 Å². The molecule has 1 aliphatic heterocycles. The summed E-state index contributed by atoms with van der Waals surface area (Å²) in [4.78, 5) is 17.5. The van der Waals surface area contributed by atoms with Crippen molar-refractivity contribution >= 4 is 16.8 Å². The maximum absolute atomic E-state index is 13.5. The van der Waals surface area contributed by atoms with Gasteiger partial charge in [0.25, 0.3) is 5.91 Å². The number of rotatable bonds is 2. The van der Waals surface area contributed by atoms with Gasteiger partial charge in [-0.15, -0.1) is 0 Å². The molecule has 0 saturated carbocycles. The molecule has 2 heterocycles. The highest BCUT2D eigenvalue weighted by Gasteiger charge is 2.27. The number of aromatic amines is 1. The molecule has 1 aromatic carbocycles. The van der Waals surface area contributed by atoms with Crippen molar-refractivity contribution in [2.75, 3.05) is 13.1 Å². The number of hydrogen-bond donors (Lipinski definition) is 2. The van der Waals surface area contributed by atoms with Crippen LogP contribution < -0.4 is 0 Å². The molecule has 1 aromatic heterocycles. The first-order chi connectivity index (χ1) is 10.5. The van der Waals surface area contributed by atoms with E-state index >= 15 is 0 Å². The zero-order valence-corrected chi connectivity index (χ0v) is 12.9. The fourth-order valence-corrected chi connectivity index (χ4v) is 3.25. The Morgan fingerprint density at radius 1 is 1.45 bits per heavy atom. The Morgan fingerprint density at radius 3 is 2.95 bits per heavy atom. The maximum Gasteiger partial charge on any atom is 0.270 e. The maximum atomic E-state index is 13.5. The first kappa shape index (κ1) is 15.0. The van der Waals surface area contributed by atoms with Gasteiger partial charge in [0.05, 0.1) is 6.10 Å². The summed E-state index contributed by atoms with van der Waals surface area (Å²) in [5, 5.41) is 10.6. The summed E-state index contributed by atoms with van der Waals surface area (Å²) in [5.41, 5.74) is 1.94. The molecule has 0 bridgehead atoms. The Kier molecular flexibility index (Phi) is 3.91. The van der Waals surface area contributed by atoms with Crippen molar-refractivity contribution in [3.8, 4) is 0 Å². The van der Waals surface area contributed by atoms with Crippen LogP contribution in [0.15, 0.2) is 18.2 Å². The topological polar surface area (TPSA) is 56.3 Å². The van der Waals surface area contributed by atoms with Crippen LogP contribution in [0.25, 0.3) is 10.9 Å². The first-order valence-corrected chi connectivity index (χ1v) is 7.72. The van der Waals surface area contributed by atoms with E-state index in [9.17, 15) is 14.3 Å². The SMILES string of the molecule is Cc1cc(F)cc2[nH]c(C(=O)N3CCCC(C(C)O)C3)cc12. The van der Waals surface area contributed by atoms with E-state index in [1.165, 1.54) is 12.1 Å². The van der Waals surface area contributed by atoms with Gasteiger partial charge in [-0.2, -0.15) is 0 Å². The van der Waals surface area contributed by atoms with Crippen LogP contribution in [-0.2, 0) is 0 Å². The molecule has 4 nitrogen and oxygen atoms in total. The quantitative estimate of drug-likeness (QED) is 0.896. The molecule has 1 amide bonds. The number of H-pyrrole nitrogens is 1. The van der Waals surface area contributed by atoms with Gasteiger partial charge in [0.15, 0.2) is 0 Å². The van der Waals surface area contributed by atoms with Crippen molar-refractivity contribution in [1.29, 1.82) is 0 Å². The minimum atomic E-state index is -0.408. The highest BCUT2D eigenvalue weighted by atomic mass is 19.1. The molecule has 2 aromatic rings. The number of aliphatic hydroxyl groups excluding tert-OH is 1. The molecule has 3 rings (SSSR count). The van der Waals surface area contributed by atoms with E-state index in [0.717, 1.165) is 23.8 Å². The number of nitrogens with zero attached hydrogens (tertiary/aromatic N) is 1. The minimum absolute atomic E-state index is 0.0821. The molecule has 2 N–H and O–H groups in total. The molecule has 1 fully saturated rings. The lowest BCUT2D eigenvalue weighted by atomic mass is 9.93. The Hall–Kier alpha value is -1.88. The van der Waals surface area contributed by atoms with Crippen LogP contribution in [0.5, 0.6) is 0 Å². The zero-order valence-electron chi connectivity index (χ0n) is 12.9. The van der Waals surface area contributed by atoms with E-state index in [0.29, 0.717) is 24.3 Å². The molecular weight excluding hydrogens is 283 g/mol. The molecular formula is C17H21FN2O2. The van der Waals surface area contributed by atoms with Gasteiger partial charge in [-0.05, 0) is 50.5 Å². The number of benzene rings is 1. The standard InChI is InChI=1S/C17H21FN2O2/c1-10-6-13(18)7-15-14(10)8-16(19-15)17(22)20-5-3-4-12(9-20)11(2)21/h6-8,11-12,19,21H,3-5,9H2,1-2H3. The Balaban J connectivity index is 1.87. The van der Waals surface area contributed by atoms with Crippen LogP contribution in [0.4, 0.5) is 4.39 Å². The monoisotopic (exact) mass is 304 g/mol. The van der Waals surface area contributed by atoms with Crippen molar-refractivity contribution in [2.45, 2.75) is 32.8 Å². The summed E-state index contributed by atoms with van der Waals surface area (Å²) < 4.78 is 13.5. The molecule has 1 saturated heterocycles. The third-order valence-electron chi connectivity index (χ3n) is 4.57.